The molecule has 1 amide bonds. The van der Waals surface area contributed by atoms with Gasteiger partial charge in [-0.25, -0.2) is 9.59 Å². The Morgan fingerprint density at radius 2 is 1.88 bits per heavy atom. The maximum absolute atomic E-state index is 11.9. The number of halogens is 1. The van der Waals surface area contributed by atoms with Crippen LogP contribution in [-0.4, -0.2) is 44.6 Å². The summed E-state index contributed by atoms with van der Waals surface area (Å²) in [6.45, 7) is 5.48. The fraction of sp³-hybridized carbons (Fsp3) is 0.818. The van der Waals surface area contributed by atoms with Crippen LogP contribution in [0.25, 0.3) is 0 Å². The van der Waals surface area contributed by atoms with Gasteiger partial charge in [-0.1, -0.05) is 0 Å². The first-order valence-corrected chi connectivity index (χ1v) is 5.89. The van der Waals surface area contributed by atoms with E-state index in [1.165, 1.54) is 4.90 Å². The van der Waals surface area contributed by atoms with Gasteiger partial charge in [-0.05, 0) is 20.8 Å². The average molecular weight is 262 g/mol. The third-order valence-corrected chi connectivity index (χ3v) is 3.58. The third kappa shape index (κ3) is 1.86. The fourth-order valence-electron chi connectivity index (χ4n) is 2.56. The molecule has 3 aliphatic rings. The summed E-state index contributed by atoms with van der Waals surface area (Å²) >= 11 is 6.16. The zero-order valence-electron chi connectivity index (χ0n) is 10.1. The maximum Gasteiger partial charge on any atom is 0.411 e. The zero-order chi connectivity index (χ0) is 13.1. The molecule has 0 radical (unpaired) electrons. The van der Waals surface area contributed by atoms with Gasteiger partial charge in [-0.3, -0.25) is 4.90 Å². The summed E-state index contributed by atoms with van der Waals surface area (Å²) in [7, 11) is 0. The summed E-state index contributed by atoms with van der Waals surface area (Å²) < 4.78 is 5.20. The molecule has 1 aliphatic carbocycles. The molecule has 0 unspecified atom stereocenters. The summed E-state index contributed by atoms with van der Waals surface area (Å²) in [5, 5.41) is 9.23. The van der Waals surface area contributed by atoms with Crippen molar-refractivity contribution in [3.05, 3.63) is 0 Å². The van der Waals surface area contributed by atoms with Gasteiger partial charge in [-0.15, -0.1) is 11.6 Å². The predicted molar refractivity (Wildman–Crippen MR) is 61.1 cm³/mol. The lowest BCUT2D eigenvalue weighted by molar-refractivity contribution is -0.151. The van der Waals surface area contributed by atoms with E-state index < -0.39 is 28.1 Å². The summed E-state index contributed by atoms with van der Waals surface area (Å²) in [6.07, 6.45) is 0.00614. The lowest BCUT2D eigenvalue weighted by Gasteiger charge is -2.41. The highest BCUT2D eigenvalue weighted by Crippen LogP contribution is 2.57. The van der Waals surface area contributed by atoms with Crippen molar-refractivity contribution < 1.29 is 19.4 Å². The van der Waals surface area contributed by atoms with Crippen LogP contribution in [0, 0.1) is 0 Å². The number of hydrogen-bond acceptors (Lipinski definition) is 3. The Morgan fingerprint density at radius 1 is 1.35 bits per heavy atom. The molecule has 6 heteroatoms. The van der Waals surface area contributed by atoms with Gasteiger partial charge in [0.1, 0.15) is 11.1 Å². The van der Waals surface area contributed by atoms with E-state index in [4.69, 9.17) is 16.3 Å². The first-order valence-electron chi connectivity index (χ1n) is 5.51. The van der Waals surface area contributed by atoms with Crippen molar-refractivity contribution >= 4 is 23.7 Å². The topological polar surface area (TPSA) is 66.8 Å². The molecule has 1 N–H and O–H groups in total. The largest absolute Gasteiger partial charge is 0.479 e. The smallest absolute Gasteiger partial charge is 0.411 e. The van der Waals surface area contributed by atoms with Crippen LogP contribution in [0.3, 0.4) is 0 Å². The van der Waals surface area contributed by atoms with Crippen LogP contribution in [0.4, 0.5) is 4.79 Å². The minimum absolute atomic E-state index is 0.246. The average Bonchev–Trinajstić information content (AvgIpc) is 2.50. The first kappa shape index (κ1) is 12.5. The van der Waals surface area contributed by atoms with E-state index in [2.05, 4.69) is 0 Å². The molecule has 17 heavy (non-hydrogen) atoms. The van der Waals surface area contributed by atoms with Gasteiger partial charge in [0.2, 0.25) is 0 Å². The van der Waals surface area contributed by atoms with Gasteiger partial charge in [0.25, 0.3) is 0 Å². The van der Waals surface area contributed by atoms with Crippen molar-refractivity contribution in [2.45, 2.75) is 49.6 Å². The van der Waals surface area contributed by atoms with Crippen molar-refractivity contribution in [1.29, 1.82) is 0 Å². The number of fused-ring (bicyclic) bond motifs is 1. The van der Waals surface area contributed by atoms with Gasteiger partial charge in [0.15, 0.2) is 0 Å². The molecule has 0 atom stereocenters. The second-order valence-electron chi connectivity index (χ2n) is 5.91. The van der Waals surface area contributed by atoms with Crippen molar-refractivity contribution in [2.75, 3.05) is 6.54 Å². The first-order chi connectivity index (χ1) is 7.58. The molecule has 0 aromatic heterocycles. The summed E-state index contributed by atoms with van der Waals surface area (Å²) in [5.74, 6) is -1.00. The predicted octanol–water partition coefficient (Wildman–Crippen LogP) is 1.83. The van der Waals surface area contributed by atoms with E-state index in [-0.39, 0.29) is 6.54 Å². The van der Waals surface area contributed by atoms with E-state index >= 15 is 0 Å². The van der Waals surface area contributed by atoms with Crippen LogP contribution in [0.2, 0.25) is 0 Å². The monoisotopic (exact) mass is 261 g/mol. The van der Waals surface area contributed by atoms with E-state index in [1.54, 1.807) is 20.8 Å². The molecule has 3 fully saturated rings. The Kier molecular flexibility index (Phi) is 2.41. The Labute approximate surface area is 105 Å². The molecule has 2 bridgehead atoms. The number of amides is 1. The molecule has 2 saturated heterocycles. The van der Waals surface area contributed by atoms with E-state index in [1.807, 2.05) is 0 Å². The number of hydrogen-bond donors (Lipinski definition) is 1. The van der Waals surface area contributed by atoms with Crippen LogP contribution in [0.1, 0.15) is 33.6 Å². The molecule has 2 aliphatic heterocycles. The summed E-state index contributed by atoms with van der Waals surface area (Å²) in [5.41, 5.74) is -1.78. The number of alkyl halides is 1. The van der Waals surface area contributed by atoms with Crippen LogP contribution < -0.4 is 0 Å². The van der Waals surface area contributed by atoms with Crippen LogP contribution in [0.5, 0.6) is 0 Å². The van der Waals surface area contributed by atoms with E-state index in [0.29, 0.717) is 12.8 Å². The molecular formula is C11H16ClNO4. The Bertz CT molecular complexity index is 381. The van der Waals surface area contributed by atoms with Gasteiger partial charge in [0.05, 0.1) is 4.87 Å². The molecule has 96 valence electrons. The lowest BCUT2D eigenvalue weighted by Crippen LogP contribution is -2.57. The third-order valence-electron chi connectivity index (χ3n) is 3.19. The van der Waals surface area contributed by atoms with Crippen LogP contribution in [0.15, 0.2) is 0 Å². The molecular weight excluding hydrogens is 246 g/mol. The molecule has 2 heterocycles. The number of aliphatic carboxylic acids is 1. The van der Waals surface area contributed by atoms with Crippen molar-refractivity contribution in [3.8, 4) is 0 Å². The summed E-state index contributed by atoms with van der Waals surface area (Å²) in [6, 6.07) is 0. The van der Waals surface area contributed by atoms with Crippen LogP contribution >= 0.6 is 11.6 Å². The highest BCUT2D eigenvalue weighted by molar-refractivity contribution is 6.26. The van der Waals surface area contributed by atoms with Gasteiger partial charge >= 0.3 is 12.1 Å². The molecule has 5 nitrogen and oxygen atoms in total. The number of carboxylic acid groups (broad SMARTS) is 1. The number of carbonyl (C=O) groups is 2. The number of nitrogens with zero attached hydrogens (tertiary/aromatic N) is 1. The van der Waals surface area contributed by atoms with E-state index in [0.717, 1.165) is 0 Å². The molecule has 3 rings (SSSR count). The van der Waals surface area contributed by atoms with Crippen molar-refractivity contribution in [2.24, 2.45) is 0 Å². The zero-order valence-corrected chi connectivity index (χ0v) is 10.9. The SMILES string of the molecule is CC(C)(C)OC(=O)N1CC2(Cl)CC1(C(=O)O)C2. The quantitative estimate of drug-likeness (QED) is 0.732. The molecule has 1 saturated carbocycles. The second kappa shape index (κ2) is 3.28. The lowest BCUT2D eigenvalue weighted by atomic mass is 9.72. The number of carbonyl (C=O) groups excluding carboxylic acids is 1. The fourth-order valence-corrected chi connectivity index (χ4v) is 3.12. The van der Waals surface area contributed by atoms with Crippen molar-refractivity contribution in [1.82, 2.24) is 4.90 Å². The van der Waals surface area contributed by atoms with Gasteiger partial charge in [-0.2, -0.15) is 0 Å². The Balaban J connectivity index is 2.17. The maximum atomic E-state index is 11.9. The molecule has 0 aromatic carbocycles. The number of carboxylic acids is 1. The highest BCUT2D eigenvalue weighted by atomic mass is 35.5. The minimum atomic E-state index is -1.15. The van der Waals surface area contributed by atoms with Gasteiger partial charge < -0.3 is 9.84 Å². The highest BCUT2D eigenvalue weighted by Gasteiger charge is 2.71. The molecule has 0 aromatic rings. The normalized spacial score (nSPS) is 35.4. The second-order valence-corrected chi connectivity index (χ2v) is 6.71. The number of ether oxygens (including phenoxy) is 1. The summed E-state index contributed by atoms with van der Waals surface area (Å²) in [4.78, 5) is 23.9. The van der Waals surface area contributed by atoms with Crippen LogP contribution in [-0.2, 0) is 9.53 Å². The van der Waals surface area contributed by atoms with Gasteiger partial charge in [0, 0.05) is 19.4 Å². The molecule has 0 spiro atoms. The number of rotatable bonds is 1. The Morgan fingerprint density at radius 3 is 2.29 bits per heavy atom. The standard InChI is InChI=1S/C11H16ClNO4/c1-9(2,3)17-8(16)13-6-10(12)4-11(13,5-10)7(14)15/h4-6H2,1-3H3,(H,14,15). The van der Waals surface area contributed by atoms with Crippen molar-refractivity contribution in [3.63, 3.8) is 0 Å². The minimum Gasteiger partial charge on any atom is -0.479 e. The van der Waals surface area contributed by atoms with E-state index in [9.17, 15) is 14.7 Å². The Hall–Kier alpha value is -0.970.